The van der Waals surface area contributed by atoms with Gasteiger partial charge in [0, 0.05) is 52.5 Å². The molecule has 3 rings (SSSR count). The number of thiophene rings is 1. The minimum atomic E-state index is -0.215. The summed E-state index contributed by atoms with van der Waals surface area (Å²) in [6.07, 6.45) is 2.41. The van der Waals surface area contributed by atoms with Crippen molar-refractivity contribution >= 4 is 17.3 Å². The highest BCUT2D eigenvalue weighted by atomic mass is 32.1. The van der Waals surface area contributed by atoms with Crippen LogP contribution >= 0.6 is 11.3 Å². The lowest BCUT2D eigenvalue weighted by Crippen LogP contribution is -2.47. The zero-order chi connectivity index (χ0) is 16.1. The van der Waals surface area contributed by atoms with Crippen molar-refractivity contribution in [3.8, 4) is 0 Å². The number of methoxy groups -OCH3 is 1. The number of rotatable bonds is 5. The van der Waals surface area contributed by atoms with Gasteiger partial charge in [-0.1, -0.05) is 0 Å². The largest absolute Gasteiger partial charge is 0.465 e. The summed E-state index contributed by atoms with van der Waals surface area (Å²) in [5.41, 5.74) is 1.10. The van der Waals surface area contributed by atoms with Crippen LogP contribution in [0.2, 0.25) is 0 Å². The normalized spacial score (nSPS) is 21.4. The van der Waals surface area contributed by atoms with Gasteiger partial charge in [0.2, 0.25) is 0 Å². The number of carbonyl (C=O) groups excluding carboxylic acids is 1. The highest BCUT2D eigenvalue weighted by molar-refractivity contribution is 7.12. The van der Waals surface area contributed by atoms with Crippen molar-refractivity contribution in [1.82, 2.24) is 9.80 Å². The van der Waals surface area contributed by atoms with Crippen LogP contribution in [0.5, 0.6) is 0 Å². The van der Waals surface area contributed by atoms with Gasteiger partial charge in [0.15, 0.2) is 0 Å². The molecule has 5 nitrogen and oxygen atoms in total. The minimum absolute atomic E-state index is 0.215. The summed E-state index contributed by atoms with van der Waals surface area (Å²) in [5.74, 6) is 0.589. The maximum absolute atomic E-state index is 11.8. The maximum atomic E-state index is 11.8. The van der Waals surface area contributed by atoms with Crippen molar-refractivity contribution in [2.75, 3.05) is 53.0 Å². The molecule has 0 aliphatic carbocycles. The number of esters is 1. The first-order valence-corrected chi connectivity index (χ1v) is 9.31. The summed E-state index contributed by atoms with van der Waals surface area (Å²) in [4.78, 5) is 17.5. The summed E-state index contributed by atoms with van der Waals surface area (Å²) in [7, 11) is 1.45. The fraction of sp³-hybridized carbons (Fsp3) is 0.706. The van der Waals surface area contributed by atoms with E-state index in [4.69, 9.17) is 9.47 Å². The third-order valence-corrected chi connectivity index (χ3v) is 5.77. The van der Waals surface area contributed by atoms with E-state index in [0.717, 1.165) is 62.3 Å². The summed E-state index contributed by atoms with van der Waals surface area (Å²) in [6, 6.07) is 2.05. The van der Waals surface area contributed by atoms with E-state index in [-0.39, 0.29) is 5.97 Å². The first-order valence-electron chi connectivity index (χ1n) is 8.43. The fourth-order valence-electron chi connectivity index (χ4n) is 3.40. The Hall–Kier alpha value is -0.950. The smallest absolute Gasteiger partial charge is 0.348 e. The van der Waals surface area contributed by atoms with Gasteiger partial charge in [-0.3, -0.25) is 4.90 Å². The lowest BCUT2D eigenvalue weighted by atomic mass is 9.99. The number of hydrogen-bond donors (Lipinski definition) is 0. The third-order valence-electron chi connectivity index (χ3n) is 4.83. The van der Waals surface area contributed by atoms with Gasteiger partial charge in [0.1, 0.15) is 4.88 Å². The van der Waals surface area contributed by atoms with Crippen LogP contribution in [0.1, 0.15) is 28.1 Å². The average Bonchev–Trinajstić information content (AvgIpc) is 3.05. The molecule has 0 amide bonds. The molecule has 0 spiro atoms. The lowest BCUT2D eigenvalue weighted by Gasteiger charge is -2.37. The van der Waals surface area contributed by atoms with Crippen LogP contribution in [0.15, 0.2) is 11.4 Å². The Morgan fingerprint density at radius 3 is 2.65 bits per heavy atom. The first-order chi connectivity index (χ1) is 11.3. The van der Waals surface area contributed by atoms with E-state index in [0.29, 0.717) is 0 Å². The molecule has 23 heavy (non-hydrogen) atoms. The SMILES string of the molecule is COC(=O)c1sccc1CN1CCN(CC2CCOCC2)CC1. The standard InChI is InChI=1S/C17H26N2O3S/c1-21-17(20)16-15(4-11-23-16)13-19-7-5-18(6-8-19)12-14-2-9-22-10-3-14/h4,11,14H,2-3,5-10,12-13H2,1H3. The second-order valence-corrected chi connectivity index (χ2v) is 7.32. The molecule has 6 heteroatoms. The molecule has 0 radical (unpaired) electrons. The summed E-state index contributed by atoms with van der Waals surface area (Å²) < 4.78 is 10.3. The van der Waals surface area contributed by atoms with Crippen molar-refractivity contribution < 1.29 is 14.3 Å². The number of carbonyl (C=O) groups is 1. The molecule has 2 aliphatic rings. The number of nitrogens with zero attached hydrogens (tertiary/aromatic N) is 2. The van der Waals surface area contributed by atoms with Gasteiger partial charge < -0.3 is 14.4 Å². The van der Waals surface area contributed by atoms with Crippen molar-refractivity contribution in [3.05, 3.63) is 21.9 Å². The third kappa shape index (κ3) is 4.53. The predicted molar refractivity (Wildman–Crippen MR) is 90.9 cm³/mol. The van der Waals surface area contributed by atoms with Gasteiger partial charge in [-0.25, -0.2) is 4.79 Å². The molecule has 0 N–H and O–H groups in total. The molecule has 1 aromatic heterocycles. The van der Waals surface area contributed by atoms with Gasteiger partial charge in [0.25, 0.3) is 0 Å². The molecule has 2 aliphatic heterocycles. The molecule has 3 heterocycles. The highest BCUT2D eigenvalue weighted by Crippen LogP contribution is 2.21. The minimum Gasteiger partial charge on any atom is -0.465 e. The van der Waals surface area contributed by atoms with Crippen molar-refractivity contribution in [1.29, 1.82) is 0 Å². The molecular formula is C17H26N2O3S. The molecule has 0 bridgehead atoms. The fourth-order valence-corrected chi connectivity index (χ4v) is 4.23. The summed E-state index contributed by atoms with van der Waals surface area (Å²) >= 11 is 1.47. The molecule has 2 saturated heterocycles. The Labute approximate surface area is 142 Å². The zero-order valence-electron chi connectivity index (χ0n) is 13.8. The van der Waals surface area contributed by atoms with Crippen molar-refractivity contribution in [2.45, 2.75) is 19.4 Å². The van der Waals surface area contributed by atoms with Gasteiger partial charge >= 0.3 is 5.97 Å². The maximum Gasteiger partial charge on any atom is 0.348 e. The molecule has 0 unspecified atom stereocenters. The summed E-state index contributed by atoms with van der Waals surface area (Å²) in [5, 5.41) is 1.98. The monoisotopic (exact) mass is 338 g/mol. The van der Waals surface area contributed by atoms with Gasteiger partial charge in [0.05, 0.1) is 7.11 Å². The Bertz CT molecular complexity index is 506. The zero-order valence-corrected chi connectivity index (χ0v) is 14.6. The van der Waals surface area contributed by atoms with E-state index in [1.54, 1.807) is 0 Å². The number of piperazine rings is 1. The first kappa shape index (κ1) is 16.9. The van der Waals surface area contributed by atoms with Gasteiger partial charge in [-0.15, -0.1) is 11.3 Å². The van der Waals surface area contributed by atoms with Crippen LogP contribution in [0.3, 0.4) is 0 Å². The second-order valence-electron chi connectivity index (χ2n) is 6.40. The molecule has 128 valence electrons. The highest BCUT2D eigenvalue weighted by Gasteiger charge is 2.23. The molecule has 0 aromatic carbocycles. The number of hydrogen-bond acceptors (Lipinski definition) is 6. The van der Waals surface area contributed by atoms with Crippen molar-refractivity contribution in [2.24, 2.45) is 5.92 Å². The van der Waals surface area contributed by atoms with E-state index in [1.807, 2.05) is 11.4 Å². The topological polar surface area (TPSA) is 42.0 Å². The van der Waals surface area contributed by atoms with E-state index in [2.05, 4.69) is 9.80 Å². The molecule has 2 fully saturated rings. The van der Waals surface area contributed by atoms with E-state index in [1.165, 1.54) is 37.8 Å². The Kier molecular flexibility index (Phi) is 6.05. The average molecular weight is 338 g/mol. The molecular weight excluding hydrogens is 312 g/mol. The van der Waals surface area contributed by atoms with E-state index in [9.17, 15) is 4.79 Å². The van der Waals surface area contributed by atoms with Crippen molar-refractivity contribution in [3.63, 3.8) is 0 Å². The lowest BCUT2D eigenvalue weighted by molar-refractivity contribution is 0.0413. The van der Waals surface area contributed by atoms with E-state index >= 15 is 0 Å². The molecule has 1 aromatic rings. The summed E-state index contributed by atoms with van der Waals surface area (Å²) in [6.45, 7) is 8.30. The second kappa shape index (κ2) is 8.24. The van der Waals surface area contributed by atoms with Gasteiger partial charge in [-0.2, -0.15) is 0 Å². The van der Waals surface area contributed by atoms with E-state index < -0.39 is 0 Å². The van der Waals surface area contributed by atoms with Crippen LogP contribution < -0.4 is 0 Å². The van der Waals surface area contributed by atoms with Crippen LogP contribution in [0, 0.1) is 5.92 Å². The van der Waals surface area contributed by atoms with Crippen LogP contribution in [0.4, 0.5) is 0 Å². The Morgan fingerprint density at radius 1 is 1.26 bits per heavy atom. The number of ether oxygens (including phenoxy) is 2. The quantitative estimate of drug-likeness (QED) is 0.769. The molecule has 0 saturated carbocycles. The predicted octanol–water partition coefficient (Wildman–Crippen LogP) is 2.08. The van der Waals surface area contributed by atoms with Crippen LogP contribution in [-0.4, -0.2) is 68.8 Å². The van der Waals surface area contributed by atoms with Crippen LogP contribution in [0.25, 0.3) is 0 Å². The Morgan fingerprint density at radius 2 is 1.96 bits per heavy atom. The van der Waals surface area contributed by atoms with Gasteiger partial charge in [-0.05, 0) is 35.8 Å². The Balaban J connectivity index is 1.46. The van der Waals surface area contributed by atoms with Crippen LogP contribution in [-0.2, 0) is 16.0 Å². The molecule has 0 atom stereocenters.